The molecule has 1 aliphatic heterocycles. The number of fused-ring (bicyclic) bond motifs is 1. The average Bonchev–Trinajstić information content (AvgIpc) is 3.07. The van der Waals surface area contributed by atoms with Crippen molar-refractivity contribution < 1.29 is 18.7 Å². The number of para-hydroxylation sites is 1. The minimum Gasteiger partial charge on any atom is -0.451 e. The first kappa shape index (κ1) is 18.1. The van der Waals surface area contributed by atoms with Crippen molar-refractivity contribution in [2.45, 2.75) is 6.10 Å². The third-order valence-electron chi connectivity index (χ3n) is 4.36. The number of halogens is 1. The molecule has 2 aromatic carbocycles. The quantitative estimate of drug-likeness (QED) is 0.729. The van der Waals surface area contributed by atoms with Crippen LogP contribution in [0.25, 0.3) is 11.0 Å². The topological polar surface area (TPSA) is 88.9 Å². The highest BCUT2D eigenvalue weighted by Crippen LogP contribution is 2.23. The van der Waals surface area contributed by atoms with Gasteiger partial charge in [0.25, 0.3) is 5.91 Å². The van der Waals surface area contributed by atoms with Crippen LogP contribution in [0.5, 0.6) is 0 Å². The molecule has 2 amide bonds. The molecule has 0 aliphatic carbocycles. The lowest BCUT2D eigenvalue weighted by Gasteiger charge is -2.13. The van der Waals surface area contributed by atoms with E-state index in [1.165, 1.54) is 4.90 Å². The van der Waals surface area contributed by atoms with Crippen molar-refractivity contribution in [3.8, 4) is 0 Å². The number of cyclic esters (lactones) is 1. The number of carbonyl (C=O) groups excluding carboxylic acids is 2. The molecule has 1 aromatic heterocycles. The first-order valence-corrected chi connectivity index (χ1v) is 8.94. The van der Waals surface area contributed by atoms with Gasteiger partial charge in [-0.1, -0.05) is 23.7 Å². The third kappa shape index (κ3) is 3.57. The van der Waals surface area contributed by atoms with Gasteiger partial charge in [-0.05, 0) is 36.4 Å². The van der Waals surface area contributed by atoms with Gasteiger partial charge in [0.2, 0.25) is 0 Å². The summed E-state index contributed by atoms with van der Waals surface area (Å²) in [6.45, 7) is 0.369. The SMILES string of the molecule is O=C(NC[C@H]1CN(c2ccc(Cl)cc2)C(=O)O1)c1cc(=O)c2ccccc2o1. The Hall–Kier alpha value is -3.32. The van der Waals surface area contributed by atoms with Crippen molar-refractivity contribution in [2.75, 3.05) is 18.0 Å². The smallest absolute Gasteiger partial charge is 0.414 e. The summed E-state index contributed by atoms with van der Waals surface area (Å²) in [7, 11) is 0. The van der Waals surface area contributed by atoms with E-state index in [0.29, 0.717) is 21.7 Å². The fourth-order valence-corrected chi connectivity index (χ4v) is 3.10. The molecule has 1 atom stereocenters. The van der Waals surface area contributed by atoms with Gasteiger partial charge in [0, 0.05) is 16.8 Å². The van der Waals surface area contributed by atoms with Crippen molar-refractivity contribution in [1.29, 1.82) is 0 Å². The number of ether oxygens (including phenoxy) is 1. The lowest BCUT2D eigenvalue weighted by molar-refractivity contribution is 0.0890. The van der Waals surface area contributed by atoms with Gasteiger partial charge in [0.1, 0.15) is 11.7 Å². The van der Waals surface area contributed by atoms with Crippen molar-refractivity contribution in [2.24, 2.45) is 0 Å². The van der Waals surface area contributed by atoms with Gasteiger partial charge < -0.3 is 14.5 Å². The van der Waals surface area contributed by atoms with Crippen LogP contribution in [-0.4, -0.2) is 31.2 Å². The molecule has 1 saturated heterocycles. The van der Waals surface area contributed by atoms with Crippen LogP contribution in [-0.2, 0) is 4.74 Å². The molecule has 0 unspecified atom stereocenters. The number of hydrogen-bond donors (Lipinski definition) is 1. The van der Waals surface area contributed by atoms with Crippen LogP contribution >= 0.6 is 11.6 Å². The molecule has 7 nitrogen and oxygen atoms in total. The maximum atomic E-state index is 12.4. The fraction of sp³-hybridized carbons (Fsp3) is 0.150. The molecule has 8 heteroatoms. The van der Waals surface area contributed by atoms with E-state index in [0.717, 1.165) is 6.07 Å². The number of hydrogen-bond acceptors (Lipinski definition) is 5. The molecule has 4 rings (SSSR count). The van der Waals surface area contributed by atoms with E-state index in [1.807, 2.05) is 0 Å². The summed E-state index contributed by atoms with van der Waals surface area (Å²) in [6.07, 6.45) is -1.03. The molecule has 142 valence electrons. The van der Waals surface area contributed by atoms with Crippen molar-refractivity contribution in [1.82, 2.24) is 5.32 Å². The number of carbonyl (C=O) groups is 2. The van der Waals surface area contributed by atoms with Gasteiger partial charge in [-0.15, -0.1) is 0 Å². The van der Waals surface area contributed by atoms with Crippen LogP contribution in [0, 0.1) is 0 Å². The van der Waals surface area contributed by atoms with Gasteiger partial charge in [-0.25, -0.2) is 4.79 Å². The summed E-state index contributed by atoms with van der Waals surface area (Å²) in [5.74, 6) is -0.647. The molecule has 0 bridgehead atoms. The highest BCUT2D eigenvalue weighted by Gasteiger charge is 2.32. The van der Waals surface area contributed by atoms with Gasteiger partial charge in [-0.3, -0.25) is 14.5 Å². The Morgan fingerprint density at radius 2 is 1.89 bits per heavy atom. The third-order valence-corrected chi connectivity index (χ3v) is 4.61. The molecule has 1 aliphatic rings. The summed E-state index contributed by atoms with van der Waals surface area (Å²) in [6, 6.07) is 14.6. The molecule has 1 N–H and O–H groups in total. The lowest BCUT2D eigenvalue weighted by atomic mass is 10.2. The van der Waals surface area contributed by atoms with Gasteiger partial charge in [0.05, 0.1) is 18.5 Å². The van der Waals surface area contributed by atoms with Crippen LogP contribution in [0.2, 0.25) is 5.02 Å². The first-order valence-electron chi connectivity index (χ1n) is 8.56. The summed E-state index contributed by atoms with van der Waals surface area (Å²) >= 11 is 5.86. The average molecular weight is 399 g/mol. The zero-order valence-electron chi connectivity index (χ0n) is 14.6. The summed E-state index contributed by atoms with van der Waals surface area (Å²) < 4.78 is 10.8. The number of rotatable bonds is 4. The van der Waals surface area contributed by atoms with Crippen LogP contribution in [0.4, 0.5) is 10.5 Å². The highest BCUT2D eigenvalue weighted by molar-refractivity contribution is 6.30. The number of anilines is 1. The molecule has 3 aromatic rings. The lowest BCUT2D eigenvalue weighted by Crippen LogP contribution is -2.35. The van der Waals surface area contributed by atoms with E-state index in [1.54, 1.807) is 48.5 Å². The van der Waals surface area contributed by atoms with Crippen LogP contribution in [0.3, 0.4) is 0 Å². The van der Waals surface area contributed by atoms with Gasteiger partial charge in [-0.2, -0.15) is 0 Å². The number of nitrogens with zero attached hydrogens (tertiary/aromatic N) is 1. The second kappa shape index (κ2) is 7.36. The van der Waals surface area contributed by atoms with E-state index in [4.69, 9.17) is 20.8 Å². The monoisotopic (exact) mass is 398 g/mol. The fourth-order valence-electron chi connectivity index (χ4n) is 2.97. The van der Waals surface area contributed by atoms with Crippen molar-refractivity contribution in [3.63, 3.8) is 0 Å². The molecule has 1 fully saturated rings. The molecular weight excluding hydrogens is 384 g/mol. The van der Waals surface area contributed by atoms with E-state index >= 15 is 0 Å². The van der Waals surface area contributed by atoms with E-state index in [2.05, 4.69) is 5.32 Å². The second-order valence-electron chi connectivity index (χ2n) is 6.27. The maximum Gasteiger partial charge on any atom is 0.414 e. The van der Waals surface area contributed by atoms with E-state index < -0.39 is 18.1 Å². The molecule has 0 saturated carbocycles. The molecule has 28 heavy (non-hydrogen) atoms. The van der Waals surface area contributed by atoms with Crippen molar-refractivity contribution in [3.05, 3.63) is 75.6 Å². The second-order valence-corrected chi connectivity index (χ2v) is 6.71. The van der Waals surface area contributed by atoms with Gasteiger partial charge >= 0.3 is 6.09 Å². The van der Waals surface area contributed by atoms with Crippen molar-refractivity contribution >= 4 is 40.3 Å². The highest BCUT2D eigenvalue weighted by atomic mass is 35.5. The minimum absolute atomic E-state index is 0.0885. The Balaban J connectivity index is 1.42. The van der Waals surface area contributed by atoms with Crippen LogP contribution < -0.4 is 15.6 Å². The number of benzene rings is 2. The number of nitrogens with one attached hydrogen (secondary N) is 1. The normalized spacial score (nSPS) is 16.2. The van der Waals surface area contributed by atoms with E-state index in [9.17, 15) is 14.4 Å². The molecular formula is C20H15ClN2O5. The number of amides is 2. The van der Waals surface area contributed by atoms with Crippen LogP contribution in [0.1, 0.15) is 10.6 Å². The zero-order valence-corrected chi connectivity index (χ0v) is 15.3. The predicted octanol–water partition coefficient (Wildman–Crippen LogP) is 3.20. The minimum atomic E-state index is -0.552. The Kier molecular flexibility index (Phi) is 4.75. The van der Waals surface area contributed by atoms with Gasteiger partial charge in [0.15, 0.2) is 11.2 Å². The van der Waals surface area contributed by atoms with Crippen LogP contribution in [0.15, 0.2) is 63.8 Å². The Morgan fingerprint density at radius 3 is 2.68 bits per heavy atom. The maximum absolute atomic E-state index is 12.4. The van der Waals surface area contributed by atoms with E-state index in [-0.39, 0.29) is 24.3 Å². The Labute approximate surface area is 164 Å². The Bertz CT molecular complexity index is 1110. The summed E-state index contributed by atoms with van der Waals surface area (Å²) in [5.41, 5.74) is 0.693. The summed E-state index contributed by atoms with van der Waals surface area (Å²) in [5, 5.41) is 3.61. The zero-order chi connectivity index (χ0) is 19.7. The summed E-state index contributed by atoms with van der Waals surface area (Å²) in [4.78, 5) is 38.0. The predicted molar refractivity (Wildman–Crippen MR) is 104 cm³/mol. The molecule has 2 heterocycles. The molecule has 0 spiro atoms. The Morgan fingerprint density at radius 1 is 1.14 bits per heavy atom. The molecule has 0 radical (unpaired) electrons. The largest absolute Gasteiger partial charge is 0.451 e. The standard InChI is InChI=1S/C20H15ClN2O5/c21-12-5-7-13(8-6-12)23-11-14(27-20(23)26)10-22-19(25)18-9-16(24)15-3-1-2-4-17(15)28-18/h1-9,14H,10-11H2,(H,22,25)/t14-/m0/s1. The first-order chi connectivity index (χ1) is 13.5.